The van der Waals surface area contributed by atoms with Gasteiger partial charge in [-0.05, 0) is 58.1 Å². The average Bonchev–Trinajstić information content (AvgIpc) is 3.59. The molecule has 0 saturated carbocycles. The Morgan fingerprint density at radius 2 is 0.778 bits per heavy atom. The molecule has 0 fully saturated rings. The van der Waals surface area contributed by atoms with E-state index in [1.54, 1.807) is 9.36 Å². The first-order valence-corrected chi connectivity index (χ1v) is 11.3. The third-order valence-electron chi connectivity index (χ3n) is 5.30. The summed E-state index contributed by atoms with van der Waals surface area (Å²) in [6.07, 6.45) is 0. The van der Waals surface area contributed by atoms with Crippen molar-refractivity contribution in [3.8, 4) is 22.7 Å². The van der Waals surface area contributed by atoms with Gasteiger partial charge in [0.05, 0.1) is 20.4 Å². The maximum Gasteiger partial charge on any atom is 0.472 e. The highest BCUT2D eigenvalue weighted by molar-refractivity contribution is 5.31. The Kier molecular flexibility index (Phi) is 5.57. The van der Waals surface area contributed by atoms with Crippen molar-refractivity contribution in [3.05, 3.63) is 121 Å². The van der Waals surface area contributed by atoms with Crippen LogP contribution in [0, 0.1) is 0 Å². The summed E-state index contributed by atoms with van der Waals surface area (Å²) in [5.74, 6) is 0.581. The van der Waals surface area contributed by atoms with Crippen molar-refractivity contribution in [2.75, 3.05) is 0 Å². The smallest absolute Gasteiger partial charge is 0.0918 e. The molecule has 10 heteroatoms. The highest BCUT2D eigenvalue weighted by Gasteiger charge is 2.26. The highest BCUT2D eigenvalue weighted by atomic mass is 16.0. The summed E-state index contributed by atoms with van der Waals surface area (Å²) in [5, 5.41) is 27.3. The molecular weight excluding hydrogens is 454 g/mol. The minimum Gasteiger partial charge on any atom is -0.0918 e. The summed E-state index contributed by atoms with van der Waals surface area (Å²) in [6.45, 7) is 0. The Morgan fingerprint density at radius 1 is 0.444 bits per heavy atom. The average molecular weight is 475 g/mol. The number of rotatable bonds is 6. The second kappa shape index (κ2) is 9.47. The first kappa shape index (κ1) is 21.2. The Labute approximate surface area is 206 Å². The van der Waals surface area contributed by atoms with E-state index in [4.69, 9.17) is 0 Å². The second-order valence-corrected chi connectivity index (χ2v) is 7.72. The molecule has 0 N–H and O–H groups in total. The fourth-order valence-corrected chi connectivity index (χ4v) is 3.57. The van der Waals surface area contributed by atoms with Crippen LogP contribution in [0.3, 0.4) is 0 Å². The number of para-hydroxylation sites is 4. The Bertz CT molecular complexity index is 1490. The standard InChI is InChI=1S/C26H20N10/c1-5-13-21(14-6-1)33-25(29-35(31-33)23-17-9-3-10-18-23)27-28-26-30-36(24-19-11-4-12-20-24)32-34(26)22-15-7-2-8-16-22/h1-20H/q+2/b28-27+/i27+1,28+1. The van der Waals surface area contributed by atoms with Gasteiger partial charge in [-0.2, -0.15) is 0 Å². The van der Waals surface area contributed by atoms with Crippen LogP contribution in [0.2, 0.25) is 0 Å². The largest absolute Gasteiger partial charge is 0.472 e. The van der Waals surface area contributed by atoms with Crippen molar-refractivity contribution in [2.24, 2.45) is 10.2 Å². The Hall–Kier alpha value is -5.38. The van der Waals surface area contributed by atoms with Crippen molar-refractivity contribution in [3.63, 3.8) is 0 Å². The van der Waals surface area contributed by atoms with Crippen LogP contribution < -0.4 is 9.36 Å². The van der Waals surface area contributed by atoms with Gasteiger partial charge in [-0.25, -0.2) is 0 Å². The van der Waals surface area contributed by atoms with Gasteiger partial charge in [0.25, 0.3) is 0 Å². The van der Waals surface area contributed by atoms with Gasteiger partial charge in [0.1, 0.15) is 22.7 Å². The van der Waals surface area contributed by atoms with Crippen LogP contribution in [0.15, 0.2) is 132 Å². The lowest BCUT2D eigenvalue weighted by Crippen LogP contribution is -2.34. The molecule has 0 radical (unpaired) electrons. The molecule has 0 spiro atoms. The molecule has 0 atom stereocenters. The quantitative estimate of drug-likeness (QED) is 0.208. The Balaban J connectivity index is 1.45. The molecule has 6 aromatic rings. The molecule has 0 saturated heterocycles. The van der Waals surface area contributed by atoms with Gasteiger partial charge in [0.2, 0.25) is 0 Å². The zero-order chi connectivity index (χ0) is 24.2. The van der Waals surface area contributed by atoms with Crippen molar-refractivity contribution in [1.82, 2.24) is 30.2 Å². The summed E-state index contributed by atoms with van der Waals surface area (Å²) in [4.78, 5) is 3.04. The zero-order valence-corrected chi connectivity index (χ0v) is 19.0. The molecule has 10 nitrogen and oxygen atoms in total. The third-order valence-corrected chi connectivity index (χ3v) is 5.30. The van der Waals surface area contributed by atoms with E-state index in [-0.39, 0.29) is 0 Å². The first-order chi connectivity index (χ1) is 17.8. The number of tetrazole rings is 2. The fourth-order valence-electron chi connectivity index (χ4n) is 3.57. The summed E-state index contributed by atoms with van der Waals surface area (Å²) < 4.78 is 3.26. The van der Waals surface area contributed by atoms with Gasteiger partial charge in [-0.1, -0.05) is 82.2 Å². The highest BCUT2D eigenvalue weighted by Crippen LogP contribution is 2.14. The summed E-state index contributed by atoms with van der Waals surface area (Å²) in [6, 6.07) is 38.6. The van der Waals surface area contributed by atoms with Crippen LogP contribution in [0.1, 0.15) is 0 Å². The molecule has 0 bridgehead atoms. The van der Waals surface area contributed by atoms with Crippen LogP contribution in [0.25, 0.3) is 22.7 Å². The van der Waals surface area contributed by atoms with Gasteiger partial charge >= 0.3 is 11.9 Å². The molecule has 0 amide bonds. The van der Waals surface area contributed by atoms with E-state index in [0.717, 1.165) is 22.7 Å². The lowest BCUT2D eigenvalue weighted by atomic mass is 10.3. The molecule has 0 unspecified atom stereocenters. The van der Waals surface area contributed by atoms with Crippen LogP contribution >= 0.6 is 0 Å². The van der Waals surface area contributed by atoms with Gasteiger partial charge < -0.3 is 0 Å². The number of azo groups is 1. The first-order valence-electron chi connectivity index (χ1n) is 11.3. The van der Waals surface area contributed by atoms with Crippen molar-refractivity contribution >= 4 is 11.9 Å². The predicted molar refractivity (Wildman–Crippen MR) is 130 cm³/mol. The van der Waals surface area contributed by atoms with E-state index in [2.05, 4.69) is 30.9 Å². The van der Waals surface area contributed by atoms with E-state index >= 15 is 0 Å². The van der Waals surface area contributed by atoms with Crippen molar-refractivity contribution in [1.29, 1.82) is 0 Å². The van der Waals surface area contributed by atoms with Crippen LogP contribution in [-0.4, -0.2) is 30.2 Å². The van der Waals surface area contributed by atoms with Gasteiger partial charge in [-0.3, -0.25) is 0 Å². The van der Waals surface area contributed by atoms with Crippen LogP contribution in [-0.2, 0) is 0 Å². The van der Waals surface area contributed by atoms with Crippen LogP contribution in [0.4, 0.5) is 11.9 Å². The van der Waals surface area contributed by atoms with E-state index in [1.165, 1.54) is 9.59 Å². The molecule has 0 aliphatic rings. The number of hydrogen-bond donors (Lipinski definition) is 0. The lowest BCUT2D eigenvalue weighted by Gasteiger charge is -1.94. The third kappa shape index (κ3) is 4.26. The number of aromatic nitrogens is 8. The normalized spacial score (nSPS) is 11.2. The van der Waals surface area contributed by atoms with E-state index < -0.39 is 0 Å². The van der Waals surface area contributed by atoms with E-state index in [0.29, 0.717) is 11.9 Å². The summed E-state index contributed by atoms with van der Waals surface area (Å²) >= 11 is 0. The van der Waals surface area contributed by atoms with Gasteiger partial charge in [0.15, 0.2) is 0 Å². The molecule has 36 heavy (non-hydrogen) atoms. The minimum atomic E-state index is 0.291. The Morgan fingerprint density at radius 3 is 1.14 bits per heavy atom. The van der Waals surface area contributed by atoms with Crippen molar-refractivity contribution in [2.45, 2.75) is 0 Å². The van der Waals surface area contributed by atoms with E-state index in [1.807, 2.05) is 121 Å². The van der Waals surface area contributed by atoms with Gasteiger partial charge in [-0.15, -0.1) is 0 Å². The molecule has 0 aliphatic heterocycles. The topological polar surface area (TPSA) is 93.9 Å². The fraction of sp³-hybridized carbons (Fsp3) is 0. The summed E-state index contributed by atoms with van der Waals surface area (Å²) in [5.41, 5.74) is 3.21. The molecule has 4 aromatic carbocycles. The maximum atomic E-state index is 4.62. The SMILES string of the molecule is c1ccc(-n2nc(/[15N]=[15N]/c3nn(-c4ccccc4)n[n+]3-c3ccccc3)[n+](-c3ccccc3)n2)cc1. The van der Waals surface area contributed by atoms with Crippen LogP contribution in [0.5, 0.6) is 0 Å². The molecule has 0 aliphatic carbocycles. The molecule has 2 heterocycles. The minimum absolute atomic E-state index is 0.291. The van der Waals surface area contributed by atoms with Crippen molar-refractivity contribution < 1.29 is 9.36 Å². The molecule has 172 valence electrons. The number of hydrogen-bond acceptors (Lipinski definition) is 6. The number of benzene rings is 4. The zero-order valence-electron chi connectivity index (χ0n) is 19.0. The van der Waals surface area contributed by atoms with E-state index in [9.17, 15) is 0 Å². The lowest BCUT2D eigenvalue weighted by molar-refractivity contribution is -0.651. The molecular formula is C26H20N10+2. The summed E-state index contributed by atoms with van der Waals surface area (Å²) in [7, 11) is 0. The number of nitrogens with zero attached hydrogens (tertiary/aromatic N) is 10. The molecule has 6 rings (SSSR count). The predicted octanol–water partition coefficient (Wildman–Crippen LogP) is 3.82. The molecule has 2 aromatic heterocycles. The monoisotopic (exact) mass is 474 g/mol. The maximum absolute atomic E-state index is 4.62. The second-order valence-electron chi connectivity index (χ2n) is 7.72. The van der Waals surface area contributed by atoms with Gasteiger partial charge in [0, 0.05) is 10.4 Å².